The highest BCUT2D eigenvalue weighted by Gasteiger charge is 2.09. The molecule has 5 rings (SSSR count). The van der Waals surface area contributed by atoms with Gasteiger partial charge < -0.3 is 4.74 Å². The van der Waals surface area contributed by atoms with E-state index in [0.717, 1.165) is 46.6 Å². The van der Waals surface area contributed by atoms with Crippen molar-refractivity contribution in [2.45, 2.75) is 19.4 Å². The average Bonchev–Trinajstić information content (AvgIpc) is 3.37. The van der Waals surface area contributed by atoms with Crippen molar-refractivity contribution in [3.8, 4) is 17.1 Å². The van der Waals surface area contributed by atoms with Crippen LogP contribution >= 0.6 is 0 Å². The summed E-state index contributed by atoms with van der Waals surface area (Å²) in [4.78, 5) is 4.68. The lowest BCUT2D eigenvalue weighted by molar-refractivity contribution is -0.444. The maximum Gasteiger partial charge on any atom is 0.329 e. The van der Waals surface area contributed by atoms with Crippen molar-refractivity contribution in [3.05, 3.63) is 102 Å². The zero-order valence-electron chi connectivity index (χ0n) is 17.0. The van der Waals surface area contributed by atoms with E-state index in [9.17, 15) is 0 Å². The van der Waals surface area contributed by atoms with Crippen LogP contribution in [-0.2, 0) is 19.4 Å². The molecule has 0 saturated heterocycles. The Hall–Kier alpha value is -4.06. The highest BCUT2D eigenvalue weighted by molar-refractivity contribution is 5.78. The maximum absolute atomic E-state index is 6.01. The van der Waals surface area contributed by atoms with Gasteiger partial charge in [0.2, 0.25) is 0 Å². The number of nitrogens with zero attached hydrogens (tertiary/aromatic N) is 3. The minimum absolute atomic E-state index is 0.453. The predicted molar refractivity (Wildman–Crippen MR) is 118 cm³/mol. The van der Waals surface area contributed by atoms with Crippen LogP contribution in [0.3, 0.4) is 0 Å². The summed E-state index contributed by atoms with van der Waals surface area (Å²) in [5.74, 6) is 1.60. The molecule has 0 aliphatic carbocycles. The van der Waals surface area contributed by atoms with Crippen molar-refractivity contribution in [1.82, 2.24) is 20.5 Å². The van der Waals surface area contributed by atoms with Crippen LogP contribution < -0.4 is 9.84 Å². The number of hydrogen-bond donors (Lipinski definition) is 1. The van der Waals surface area contributed by atoms with Gasteiger partial charge in [-0.2, -0.15) is 5.10 Å². The van der Waals surface area contributed by atoms with E-state index < -0.39 is 0 Å². The van der Waals surface area contributed by atoms with Crippen molar-refractivity contribution in [2.75, 3.05) is 0 Å². The number of hydrogen-bond acceptors (Lipinski definition) is 4. The smallest absolute Gasteiger partial charge is 0.329 e. The Bertz CT molecular complexity index is 1280. The third-order valence-electron chi connectivity index (χ3n) is 5.25. The van der Waals surface area contributed by atoms with E-state index in [0.29, 0.717) is 6.61 Å². The van der Waals surface area contributed by atoms with E-state index in [4.69, 9.17) is 4.74 Å². The van der Waals surface area contributed by atoms with Crippen LogP contribution in [0.5, 0.6) is 5.75 Å². The summed E-state index contributed by atoms with van der Waals surface area (Å²) in [5.41, 5.74) is 5.45. The van der Waals surface area contributed by atoms with Crippen LogP contribution in [0.1, 0.15) is 16.8 Å². The molecule has 0 unspecified atom stereocenters. The zero-order chi connectivity index (χ0) is 20.9. The van der Waals surface area contributed by atoms with Crippen molar-refractivity contribution < 1.29 is 9.84 Å². The van der Waals surface area contributed by atoms with Crippen molar-refractivity contribution in [3.63, 3.8) is 0 Å². The lowest BCUT2D eigenvalue weighted by Crippen LogP contribution is -2.05. The van der Waals surface area contributed by atoms with E-state index in [-0.39, 0.29) is 0 Å². The minimum atomic E-state index is 0.453. The topological polar surface area (TPSA) is 77.8 Å². The van der Waals surface area contributed by atoms with Crippen molar-refractivity contribution >= 4 is 10.9 Å². The summed E-state index contributed by atoms with van der Waals surface area (Å²) in [7, 11) is 0. The Balaban J connectivity index is 1.19. The summed E-state index contributed by atoms with van der Waals surface area (Å²) >= 11 is 0. The second kappa shape index (κ2) is 8.75. The molecule has 0 atom stereocenters. The number of pyridine rings is 1. The van der Waals surface area contributed by atoms with Gasteiger partial charge in [-0.15, -0.1) is 0 Å². The largest absolute Gasteiger partial charge is 0.487 e. The molecule has 0 bridgehead atoms. The number of benzene rings is 3. The van der Waals surface area contributed by atoms with Gasteiger partial charge in [-0.25, -0.2) is 4.98 Å². The van der Waals surface area contributed by atoms with Gasteiger partial charge in [-0.05, 0) is 60.4 Å². The lowest BCUT2D eigenvalue weighted by atomic mass is 10.0. The molecule has 3 aromatic carbocycles. The molecule has 6 nitrogen and oxygen atoms in total. The number of aromatic nitrogens is 5. The second-order valence-electron chi connectivity index (χ2n) is 7.41. The van der Waals surface area contributed by atoms with Crippen LogP contribution in [0.25, 0.3) is 22.3 Å². The average molecular weight is 408 g/mol. The first-order valence-electron chi connectivity index (χ1n) is 10.3. The summed E-state index contributed by atoms with van der Waals surface area (Å²) in [6.07, 6.45) is 1.90. The number of aromatic amines is 2. The summed E-state index contributed by atoms with van der Waals surface area (Å²) < 4.78 is 6.01. The number of ether oxygens (including phenoxy) is 1. The molecular formula is C25H22N5O+. The predicted octanol–water partition coefficient (Wildman–Crippen LogP) is 4.20. The molecule has 0 aliphatic rings. The van der Waals surface area contributed by atoms with Crippen LogP contribution in [-0.4, -0.2) is 20.5 Å². The Morgan fingerprint density at radius 1 is 0.806 bits per heavy atom. The normalized spacial score (nSPS) is 11.0. The first-order chi connectivity index (χ1) is 15.3. The van der Waals surface area contributed by atoms with Gasteiger partial charge in [0, 0.05) is 5.39 Å². The van der Waals surface area contributed by atoms with E-state index in [2.05, 4.69) is 74.1 Å². The number of nitrogens with one attached hydrogen (secondary N) is 2. The molecule has 6 heteroatoms. The second-order valence-corrected chi connectivity index (χ2v) is 7.41. The van der Waals surface area contributed by atoms with E-state index in [1.807, 2.05) is 36.4 Å². The zero-order valence-corrected chi connectivity index (χ0v) is 17.0. The Morgan fingerprint density at radius 3 is 2.55 bits per heavy atom. The fraction of sp³-hybridized carbons (Fsp3) is 0.120. The molecular weight excluding hydrogens is 386 g/mol. The number of aryl methyl sites for hydroxylation is 2. The van der Waals surface area contributed by atoms with Crippen molar-refractivity contribution in [1.29, 1.82) is 0 Å². The molecule has 2 N–H and O–H groups in total. The molecule has 2 aromatic heterocycles. The third-order valence-corrected chi connectivity index (χ3v) is 5.25. The molecule has 0 fully saturated rings. The monoisotopic (exact) mass is 408 g/mol. The van der Waals surface area contributed by atoms with Crippen LogP contribution in [0.4, 0.5) is 0 Å². The summed E-state index contributed by atoms with van der Waals surface area (Å²) in [6.45, 7) is 0.453. The van der Waals surface area contributed by atoms with E-state index in [1.54, 1.807) is 0 Å². The van der Waals surface area contributed by atoms with Gasteiger partial charge in [0.05, 0.1) is 16.8 Å². The SMILES string of the molecule is c1cc(CCc2ccc(-c3nn[nH][nH+]3)cc2)cc(OCc2ccc3ccccc3n2)c1. The fourth-order valence-electron chi connectivity index (χ4n) is 3.56. The highest BCUT2D eigenvalue weighted by Crippen LogP contribution is 2.19. The molecule has 0 aliphatic heterocycles. The van der Waals surface area contributed by atoms with Gasteiger partial charge >= 0.3 is 5.82 Å². The van der Waals surface area contributed by atoms with E-state index in [1.165, 1.54) is 11.1 Å². The van der Waals surface area contributed by atoms with E-state index >= 15 is 0 Å². The van der Waals surface area contributed by atoms with Crippen molar-refractivity contribution in [2.24, 2.45) is 0 Å². The fourth-order valence-corrected chi connectivity index (χ4v) is 3.56. The number of rotatable bonds is 7. The number of fused-ring (bicyclic) bond motifs is 1. The van der Waals surface area contributed by atoms with Gasteiger partial charge in [0.1, 0.15) is 17.5 Å². The standard InChI is InChI=1S/C25H21N5O/c1-2-7-24-20(5-1)14-15-22(26-24)17-31-23-6-3-4-19(16-23)9-8-18-10-12-21(13-11-18)25-27-29-30-28-25/h1-7,10-16H,8-9,17H2,(H,27,28,29,30)/p+1. The molecule has 5 aromatic rings. The maximum atomic E-state index is 6.01. The Kier molecular flexibility index (Phi) is 5.35. The third kappa shape index (κ3) is 4.59. The highest BCUT2D eigenvalue weighted by atomic mass is 16.5. The first kappa shape index (κ1) is 18.9. The van der Waals surface area contributed by atoms with Crippen LogP contribution in [0.2, 0.25) is 0 Å². The molecule has 31 heavy (non-hydrogen) atoms. The van der Waals surface area contributed by atoms with Gasteiger partial charge in [-0.3, -0.25) is 0 Å². The molecule has 152 valence electrons. The van der Waals surface area contributed by atoms with Gasteiger partial charge in [0.25, 0.3) is 0 Å². The summed E-state index contributed by atoms with van der Waals surface area (Å²) in [6, 6.07) is 28.9. The lowest BCUT2D eigenvalue weighted by Gasteiger charge is -2.09. The number of H-pyrrole nitrogens is 2. The molecule has 0 spiro atoms. The number of tetrazole rings is 1. The quantitative estimate of drug-likeness (QED) is 0.438. The molecule has 0 radical (unpaired) electrons. The molecule has 0 amide bonds. The minimum Gasteiger partial charge on any atom is -0.487 e. The number of para-hydroxylation sites is 1. The summed E-state index contributed by atoms with van der Waals surface area (Å²) in [5, 5.41) is 14.4. The van der Waals surface area contributed by atoms with Crippen LogP contribution in [0, 0.1) is 0 Å². The first-order valence-corrected chi connectivity index (χ1v) is 10.3. The Labute approximate surface area is 179 Å². The molecule has 0 saturated carbocycles. The molecule has 2 heterocycles. The van der Waals surface area contributed by atoms with Crippen LogP contribution in [0.15, 0.2) is 84.9 Å². The van der Waals surface area contributed by atoms with Gasteiger partial charge in [-0.1, -0.05) is 53.7 Å². The Morgan fingerprint density at radius 2 is 1.68 bits per heavy atom. The van der Waals surface area contributed by atoms with Gasteiger partial charge in [0.15, 0.2) is 5.21 Å².